The van der Waals surface area contributed by atoms with Crippen LogP contribution in [0, 0.1) is 0 Å². The summed E-state index contributed by atoms with van der Waals surface area (Å²) in [6.45, 7) is 4.35. The molecule has 0 amide bonds. The lowest BCUT2D eigenvalue weighted by Crippen LogP contribution is -2.37. The van der Waals surface area contributed by atoms with E-state index in [2.05, 4.69) is 148 Å². The highest BCUT2D eigenvalue weighted by Gasteiger charge is 2.27. The third-order valence-corrected chi connectivity index (χ3v) is 19.1. The first-order valence-electron chi connectivity index (χ1n) is 41.9. The maximum atomic E-state index is 12.9. The van der Waals surface area contributed by atoms with E-state index in [1.54, 1.807) is 0 Å². The van der Waals surface area contributed by atoms with Gasteiger partial charge in [0.05, 0.1) is 27.7 Å². The van der Waals surface area contributed by atoms with Gasteiger partial charge in [-0.15, -0.1) is 0 Å². The summed E-state index contributed by atoms with van der Waals surface area (Å²) in [5.74, 6) is -0.788. The van der Waals surface area contributed by atoms with Crippen LogP contribution in [0.2, 0.25) is 0 Å². The normalized spacial score (nSPS) is 13.7. The molecule has 100 heavy (non-hydrogen) atoms. The fourth-order valence-electron chi connectivity index (χ4n) is 11.8. The fourth-order valence-corrected chi connectivity index (χ4v) is 12.6. The van der Waals surface area contributed by atoms with Crippen LogP contribution in [0.4, 0.5) is 0 Å². The number of carbonyl (C=O) groups is 2. The molecule has 2 unspecified atom stereocenters. The van der Waals surface area contributed by atoms with Gasteiger partial charge in [-0.05, 0) is 116 Å². The molecule has 0 radical (unpaired) electrons. The van der Waals surface area contributed by atoms with Crippen molar-refractivity contribution < 1.29 is 42.1 Å². The summed E-state index contributed by atoms with van der Waals surface area (Å²) in [6, 6.07) is 0. The van der Waals surface area contributed by atoms with Gasteiger partial charge < -0.3 is 18.9 Å². The number of likely N-dealkylation sites (N-methyl/N-ethyl adjacent to an activating group) is 1. The quantitative estimate of drug-likeness (QED) is 0.0211. The molecule has 0 bridgehead atoms. The molecule has 576 valence electrons. The number of phosphoric ester groups is 1. The summed E-state index contributed by atoms with van der Waals surface area (Å²) < 4.78 is 34.9. The second kappa shape index (κ2) is 79.3. The Kier molecular flexibility index (Phi) is 76.2. The Labute approximate surface area is 619 Å². The van der Waals surface area contributed by atoms with Crippen molar-refractivity contribution in [3.63, 3.8) is 0 Å². The molecule has 9 nitrogen and oxygen atoms in total. The molecule has 0 aliphatic rings. The van der Waals surface area contributed by atoms with E-state index < -0.39 is 26.5 Å². The van der Waals surface area contributed by atoms with Crippen LogP contribution < -0.4 is 0 Å². The second-order valence-corrected chi connectivity index (χ2v) is 30.6. The van der Waals surface area contributed by atoms with E-state index in [0.29, 0.717) is 17.4 Å². The molecule has 1 N–H and O–H groups in total. The number of rotatable bonds is 77. The van der Waals surface area contributed by atoms with Crippen LogP contribution in [0.1, 0.15) is 373 Å². The van der Waals surface area contributed by atoms with Gasteiger partial charge in [-0.25, -0.2) is 4.57 Å². The lowest BCUT2D eigenvalue weighted by atomic mass is 10.0. The van der Waals surface area contributed by atoms with E-state index in [0.717, 1.165) is 103 Å². The maximum absolute atomic E-state index is 12.9. The average molecular weight is 1410 g/mol. The van der Waals surface area contributed by atoms with Gasteiger partial charge in [-0.1, -0.05) is 379 Å². The molecular formula is C90H159NO8P+. The van der Waals surface area contributed by atoms with Crippen molar-refractivity contribution in [2.45, 2.75) is 380 Å². The molecule has 0 saturated carbocycles. The highest BCUT2D eigenvalue weighted by molar-refractivity contribution is 7.47. The van der Waals surface area contributed by atoms with E-state index in [4.69, 9.17) is 18.5 Å². The number of nitrogens with zero attached hydrogens (tertiary/aromatic N) is 1. The van der Waals surface area contributed by atoms with Gasteiger partial charge in [0.2, 0.25) is 0 Å². The molecule has 2 atom stereocenters. The van der Waals surface area contributed by atoms with Gasteiger partial charge >= 0.3 is 19.8 Å². The Bertz CT molecular complexity index is 2160. The molecule has 0 aliphatic carbocycles. The van der Waals surface area contributed by atoms with Crippen molar-refractivity contribution >= 4 is 19.8 Å². The van der Waals surface area contributed by atoms with Crippen LogP contribution in [0.3, 0.4) is 0 Å². The molecule has 0 aliphatic heterocycles. The van der Waals surface area contributed by atoms with Crippen LogP contribution in [0.5, 0.6) is 0 Å². The number of hydrogen-bond acceptors (Lipinski definition) is 7. The van der Waals surface area contributed by atoms with Crippen LogP contribution in [0.15, 0.2) is 134 Å². The Balaban J connectivity index is 3.97. The summed E-state index contributed by atoms with van der Waals surface area (Å²) in [4.78, 5) is 36.0. The summed E-state index contributed by atoms with van der Waals surface area (Å²) in [5, 5.41) is 0. The monoisotopic (exact) mass is 1410 g/mol. The maximum Gasteiger partial charge on any atom is 0.472 e. The zero-order chi connectivity index (χ0) is 72.5. The van der Waals surface area contributed by atoms with Gasteiger partial charge in [0, 0.05) is 12.8 Å². The zero-order valence-electron chi connectivity index (χ0n) is 65.9. The average Bonchev–Trinajstić information content (AvgIpc) is 1.30. The van der Waals surface area contributed by atoms with Gasteiger partial charge in [0.25, 0.3) is 0 Å². The topological polar surface area (TPSA) is 108 Å². The molecule has 0 aromatic rings. The first-order valence-corrected chi connectivity index (χ1v) is 43.4. The minimum absolute atomic E-state index is 0.0287. The smallest absolute Gasteiger partial charge is 0.462 e. The molecule has 0 aromatic carbocycles. The minimum atomic E-state index is -4.40. The summed E-state index contributed by atoms with van der Waals surface area (Å²) >= 11 is 0. The SMILES string of the molecule is CC/C=C\C/C=C\C/C=C\C/C=C\C/C=C\C/C=C\C/C=C\C/C=C\C/C=C\CCCCCCCCCCCCCCCC(=O)OC(COC(=O)CCCCCCCCCCCCCCCCCCCCCCCCC/C=C\C/C=C\CCCCCCC)COP(=O)(O)OCC[N+](C)(C)C. The molecule has 0 fully saturated rings. The predicted molar refractivity (Wildman–Crippen MR) is 436 cm³/mol. The zero-order valence-corrected chi connectivity index (χ0v) is 66.8. The van der Waals surface area contributed by atoms with E-state index in [1.807, 2.05) is 21.1 Å². The molecule has 0 rings (SSSR count). The largest absolute Gasteiger partial charge is 0.472 e. The Morgan fingerprint density at radius 2 is 0.570 bits per heavy atom. The Hall–Kier alpha value is -3.85. The lowest BCUT2D eigenvalue weighted by Gasteiger charge is -2.24. The number of quaternary nitrogens is 1. The van der Waals surface area contributed by atoms with E-state index >= 15 is 0 Å². The van der Waals surface area contributed by atoms with Gasteiger partial charge in [-0.3, -0.25) is 18.6 Å². The van der Waals surface area contributed by atoms with Crippen molar-refractivity contribution in [1.29, 1.82) is 0 Å². The van der Waals surface area contributed by atoms with Crippen LogP contribution >= 0.6 is 7.82 Å². The molecular weight excluding hydrogens is 1250 g/mol. The number of hydrogen-bond donors (Lipinski definition) is 1. The van der Waals surface area contributed by atoms with Crippen molar-refractivity contribution in [3.05, 3.63) is 134 Å². The number of phosphoric acid groups is 1. The number of allylic oxidation sites excluding steroid dienone is 22. The van der Waals surface area contributed by atoms with Crippen LogP contribution in [-0.2, 0) is 32.7 Å². The third-order valence-electron chi connectivity index (χ3n) is 18.2. The lowest BCUT2D eigenvalue weighted by molar-refractivity contribution is -0.870. The first-order chi connectivity index (χ1) is 49.0. The van der Waals surface area contributed by atoms with Gasteiger partial charge in [0.1, 0.15) is 19.8 Å². The van der Waals surface area contributed by atoms with E-state index in [1.165, 1.54) is 238 Å². The fraction of sp³-hybridized carbons (Fsp3) is 0.733. The van der Waals surface area contributed by atoms with Crippen LogP contribution in [0.25, 0.3) is 0 Å². The molecule has 0 aromatic heterocycles. The molecule has 0 saturated heterocycles. The van der Waals surface area contributed by atoms with Gasteiger partial charge in [-0.2, -0.15) is 0 Å². The highest BCUT2D eigenvalue weighted by atomic mass is 31.2. The number of esters is 2. The third kappa shape index (κ3) is 83.1. The first kappa shape index (κ1) is 96.2. The van der Waals surface area contributed by atoms with Crippen molar-refractivity contribution in [3.8, 4) is 0 Å². The number of unbranched alkanes of at least 4 members (excludes halogenated alkanes) is 41. The van der Waals surface area contributed by atoms with Crippen molar-refractivity contribution in [2.75, 3.05) is 47.5 Å². The van der Waals surface area contributed by atoms with Crippen molar-refractivity contribution in [2.24, 2.45) is 0 Å². The van der Waals surface area contributed by atoms with E-state index in [-0.39, 0.29) is 32.0 Å². The predicted octanol–water partition coefficient (Wildman–Crippen LogP) is 28.3. The Morgan fingerprint density at radius 1 is 0.320 bits per heavy atom. The Morgan fingerprint density at radius 3 is 0.850 bits per heavy atom. The number of ether oxygens (including phenoxy) is 2. The van der Waals surface area contributed by atoms with E-state index in [9.17, 15) is 19.0 Å². The highest BCUT2D eigenvalue weighted by Crippen LogP contribution is 2.43. The summed E-state index contributed by atoms with van der Waals surface area (Å²) in [5.41, 5.74) is 0. The van der Waals surface area contributed by atoms with Crippen molar-refractivity contribution in [1.82, 2.24) is 0 Å². The standard InChI is InChI=1S/C90H158NO8P/c1-6-8-10-12-14-16-18-20-22-24-26-28-30-32-34-36-38-40-42-43-44-45-46-47-49-51-53-55-57-59-61-63-65-67-69-71-73-75-77-79-81-83-90(93)99-88(87-98-100(94,95)97-85-84-91(3,4)5)86-96-89(92)82-80-78-76-74-72-70-68-66-64-62-60-58-56-54-52-50-48-41-39-37-35-33-31-29-27-25-23-21-19-17-15-13-11-9-7-2/h8,10,14,16,19-22,25-28,32,34,38,40,43-44,46-47,51,53,88H,6-7,9,11-13,15,17-18,23-24,29-31,33,35-37,39,41-42,45,48-50,52,54-87H2,1-5H3/p+1/b10-8-,16-14-,21-19-,22-20-,27-25-,28-26-,34-32-,40-38-,44-43-,47-46-,53-51-. The van der Waals surface area contributed by atoms with Crippen LogP contribution in [-0.4, -0.2) is 74.9 Å². The molecule has 0 heterocycles. The molecule has 10 heteroatoms. The summed E-state index contributed by atoms with van der Waals surface area (Å²) in [6.07, 6.45) is 116. The molecule has 0 spiro atoms. The van der Waals surface area contributed by atoms with Gasteiger partial charge in [0.15, 0.2) is 6.10 Å². The number of carbonyl (C=O) groups excluding carboxylic acids is 2. The second-order valence-electron chi connectivity index (χ2n) is 29.1. The minimum Gasteiger partial charge on any atom is -0.462 e. The summed E-state index contributed by atoms with van der Waals surface area (Å²) in [7, 11) is 1.48.